The van der Waals surface area contributed by atoms with E-state index in [4.69, 9.17) is 0 Å². The first kappa shape index (κ1) is 5.71. The highest BCUT2D eigenvalue weighted by Gasteiger charge is 2.10. The van der Waals surface area contributed by atoms with Crippen LogP contribution in [-0.2, 0) is 6.42 Å². The molecule has 0 unspecified atom stereocenters. The van der Waals surface area contributed by atoms with Crippen LogP contribution in [0.1, 0.15) is 17.2 Å². The van der Waals surface area contributed by atoms with Crippen molar-refractivity contribution in [3.05, 3.63) is 23.3 Å². The number of aryl methyl sites for hydroxylation is 1. The molecule has 0 aliphatic carbocycles. The second-order valence-corrected chi connectivity index (χ2v) is 2.66. The van der Waals surface area contributed by atoms with Crippen LogP contribution in [0.5, 0.6) is 0 Å². The fourth-order valence-corrected chi connectivity index (χ4v) is 1.30. The Bertz CT molecular complexity index is 294. The van der Waals surface area contributed by atoms with Crippen LogP contribution in [0.3, 0.4) is 0 Å². The highest BCUT2D eigenvalue weighted by molar-refractivity contribution is 5.38. The molecular weight excluding hydrogens is 124 g/mol. The highest BCUT2D eigenvalue weighted by atomic mass is 15.1. The van der Waals surface area contributed by atoms with E-state index in [1.165, 1.54) is 11.5 Å². The first-order chi connectivity index (χ1) is 4.79. The molecule has 1 aromatic rings. The minimum absolute atomic E-state index is 0.995. The Morgan fingerprint density at radius 2 is 2.30 bits per heavy atom. The van der Waals surface area contributed by atoms with Gasteiger partial charge < -0.3 is 4.57 Å². The predicted octanol–water partition coefficient (Wildman–Crippen LogP) is 1.53. The topological polar surface area (TPSA) is 17.8 Å². The maximum atomic E-state index is 4.39. The second-order valence-electron chi connectivity index (χ2n) is 2.66. The van der Waals surface area contributed by atoms with E-state index in [9.17, 15) is 0 Å². The summed E-state index contributed by atoms with van der Waals surface area (Å²) in [6.45, 7) is 4.15. The van der Waals surface area contributed by atoms with E-state index in [0.717, 1.165) is 12.1 Å². The molecule has 0 aromatic carbocycles. The zero-order valence-corrected chi connectivity index (χ0v) is 6.26. The molecule has 2 rings (SSSR count). The van der Waals surface area contributed by atoms with Gasteiger partial charge in [-0.25, -0.2) is 4.98 Å². The van der Waals surface area contributed by atoms with Crippen LogP contribution in [0.15, 0.2) is 6.08 Å². The molecule has 52 valence electrons. The van der Waals surface area contributed by atoms with Crippen molar-refractivity contribution in [1.82, 2.24) is 9.55 Å². The van der Waals surface area contributed by atoms with Crippen LogP contribution in [-0.4, -0.2) is 9.55 Å². The molecule has 0 bridgehead atoms. The lowest BCUT2D eigenvalue weighted by Gasteiger charge is -1.93. The van der Waals surface area contributed by atoms with Gasteiger partial charge in [0.05, 0.1) is 5.69 Å². The van der Waals surface area contributed by atoms with E-state index in [0.29, 0.717) is 0 Å². The van der Waals surface area contributed by atoms with Crippen LogP contribution in [0.25, 0.3) is 6.20 Å². The van der Waals surface area contributed by atoms with Gasteiger partial charge in [0.2, 0.25) is 0 Å². The molecule has 0 saturated heterocycles. The zero-order valence-electron chi connectivity index (χ0n) is 6.26. The van der Waals surface area contributed by atoms with Gasteiger partial charge in [-0.1, -0.05) is 6.08 Å². The van der Waals surface area contributed by atoms with E-state index >= 15 is 0 Å². The summed E-state index contributed by atoms with van der Waals surface area (Å²) in [6, 6.07) is 0. The molecular formula is C8H10N2. The van der Waals surface area contributed by atoms with Gasteiger partial charge >= 0.3 is 0 Å². The normalized spacial score (nSPS) is 14.2. The smallest absolute Gasteiger partial charge is 0.117 e. The molecule has 1 aromatic heterocycles. The summed E-state index contributed by atoms with van der Waals surface area (Å²) in [7, 11) is 0. The van der Waals surface area contributed by atoms with E-state index in [1.807, 2.05) is 0 Å². The van der Waals surface area contributed by atoms with Gasteiger partial charge in [-0.15, -0.1) is 0 Å². The van der Waals surface area contributed by atoms with Gasteiger partial charge in [0.15, 0.2) is 0 Å². The van der Waals surface area contributed by atoms with E-state index in [2.05, 4.69) is 35.7 Å². The van der Waals surface area contributed by atoms with Gasteiger partial charge in [0.1, 0.15) is 5.82 Å². The molecule has 0 atom stereocenters. The standard InChI is InChI=1S/C8H10N2/c1-6-7(2)10-5-3-4-8(10)9-6/h3,5H,4H2,1-2H3. The number of rotatable bonds is 0. The molecule has 0 amide bonds. The van der Waals surface area contributed by atoms with Gasteiger partial charge in [-0.2, -0.15) is 0 Å². The average Bonchev–Trinajstić information content (AvgIpc) is 2.41. The zero-order chi connectivity index (χ0) is 7.14. The molecule has 0 N–H and O–H groups in total. The maximum absolute atomic E-state index is 4.39. The maximum Gasteiger partial charge on any atom is 0.117 e. The molecule has 0 saturated carbocycles. The first-order valence-electron chi connectivity index (χ1n) is 3.50. The van der Waals surface area contributed by atoms with Crippen molar-refractivity contribution in [3.63, 3.8) is 0 Å². The summed E-state index contributed by atoms with van der Waals surface area (Å²) in [5.74, 6) is 1.18. The molecule has 10 heavy (non-hydrogen) atoms. The molecule has 1 aliphatic heterocycles. The van der Waals surface area contributed by atoms with Crippen molar-refractivity contribution in [1.29, 1.82) is 0 Å². The number of hydrogen-bond acceptors (Lipinski definition) is 1. The minimum atomic E-state index is 0.995. The molecule has 2 nitrogen and oxygen atoms in total. The fourth-order valence-electron chi connectivity index (χ4n) is 1.30. The Morgan fingerprint density at radius 1 is 1.50 bits per heavy atom. The third kappa shape index (κ3) is 0.561. The summed E-state index contributed by atoms with van der Waals surface area (Å²) in [5.41, 5.74) is 2.42. The Morgan fingerprint density at radius 3 is 3.00 bits per heavy atom. The summed E-state index contributed by atoms with van der Waals surface area (Å²) in [4.78, 5) is 4.39. The lowest BCUT2D eigenvalue weighted by Crippen LogP contribution is -1.89. The number of imidazole rings is 1. The number of hydrogen-bond donors (Lipinski definition) is 0. The molecule has 2 heterocycles. The predicted molar refractivity (Wildman–Crippen MR) is 40.7 cm³/mol. The second kappa shape index (κ2) is 1.72. The Balaban J connectivity index is 2.69. The molecule has 1 aliphatic rings. The van der Waals surface area contributed by atoms with Crippen LogP contribution < -0.4 is 0 Å². The number of allylic oxidation sites excluding steroid dienone is 1. The van der Waals surface area contributed by atoms with Gasteiger partial charge in [-0.3, -0.25) is 0 Å². The largest absolute Gasteiger partial charge is 0.308 e. The lowest BCUT2D eigenvalue weighted by molar-refractivity contribution is 0.993. The Kier molecular flexibility index (Phi) is 0.982. The van der Waals surface area contributed by atoms with E-state index in [-0.39, 0.29) is 0 Å². The monoisotopic (exact) mass is 134 g/mol. The van der Waals surface area contributed by atoms with Crippen molar-refractivity contribution in [3.8, 4) is 0 Å². The molecule has 2 heteroatoms. The SMILES string of the molecule is Cc1nc2n(c1C)C=CC2. The van der Waals surface area contributed by atoms with Crippen LogP contribution >= 0.6 is 0 Å². The van der Waals surface area contributed by atoms with Crippen molar-refractivity contribution in [2.45, 2.75) is 20.3 Å². The van der Waals surface area contributed by atoms with Crippen LogP contribution in [0.4, 0.5) is 0 Å². The minimum Gasteiger partial charge on any atom is -0.308 e. The Labute approximate surface area is 60.2 Å². The summed E-state index contributed by atoms with van der Waals surface area (Å²) in [5, 5.41) is 0. The summed E-state index contributed by atoms with van der Waals surface area (Å²) < 4.78 is 2.15. The average molecular weight is 134 g/mol. The third-order valence-corrected chi connectivity index (χ3v) is 2.01. The van der Waals surface area contributed by atoms with Crippen molar-refractivity contribution in [2.75, 3.05) is 0 Å². The van der Waals surface area contributed by atoms with Crippen molar-refractivity contribution < 1.29 is 0 Å². The first-order valence-corrected chi connectivity index (χ1v) is 3.50. The number of nitrogens with zero attached hydrogens (tertiary/aromatic N) is 2. The highest BCUT2D eigenvalue weighted by Crippen LogP contribution is 2.15. The Hall–Kier alpha value is -1.05. The molecule has 0 spiro atoms. The lowest BCUT2D eigenvalue weighted by atomic mass is 10.4. The number of fused-ring (bicyclic) bond motifs is 1. The molecule has 0 radical (unpaired) electrons. The molecule has 0 fully saturated rings. The van der Waals surface area contributed by atoms with Gasteiger partial charge in [0.25, 0.3) is 0 Å². The van der Waals surface area contributed by atoms with Crippen LogP contribution in [0.2, 0.25) is 0 Å². The number of aromatic nitrogens is 2. The quantitative estimate of drug-likeness (QED) is 0.526. The third-order valence-electron chi connectivity index (χ3n) is 2.01. The summed E-state index contributed by atoms with van der Waals surface area (Å²) in [6.07, 6.45) is 5.22. The van der Waals surface area contributed by atoms with E-state index in [1.54, 1.807) is 0 Å². The van der Waals surface area contributed by atoms with Gasteiger partial charge in [0, 0.05) is 18.3 Å². The van der Waals surface area contributed by atoms with Gasteiger partial charge in [-0.05, 0) is 13.8 Å². The van der Waals surface area contributed by atoms with E-state index < -0.39 is 0 Å². The van der Waals surface area contributed by atoms with Crippen molar-refractivity contribution in [2.24, 2.45) is 0 Å². The van der Waals surface area contributed by atoms with Crippen LogP contribution in [0, 0.1) is 13.8 Å². The van der Waals surface area contributed by atoms with Crippen molar-refractivity contribution >= 4 is 6.20 Å². The summed E-state index contributed by atoms with van der Waals surface area (Å²) >= 11 is 0. The fraction of sp³-hybridized carbons (Fsp3) is 0.375.